The summed E-state index contributed by atoms with van der Waals surface area (Å²) in [7, 11) is 0. The summed E-state index contributed by atoms with van der Waals surface area (Å²) < 4.78 is 17.0. The fourth-order valence-corrected chi connectivity index (χ4v) is 0. The van der Waals surface area contributed by atoms with Crippen LogP contribution in [0.3, 0.4) is 0 Å². The second kappa shape index (κ2) is 9.16. The predicted molar refractivity (Wildman–Crippen MR) is 8.52 cm³/mol. The van der Waals surface area contributed by atoms with Crippen LogP contribution in [0.4, 0.5) is 0 Å². The van der Waals surface area contributed by atoms with Gasteiger partial charge in [0.25, 0.3) is 0 Å². The van der Waals surface area contributed by atoms with Crippen LogP contribution < -0.4 is 0 Å². The Balaban J connectivity index is 0. The van der Waals surface area contributed by atoms with Crippen LogP contribution in [-0.2, 0) is 25.7 Å². The molecule has 0 aromatic rings. The molecule has 0 saturated heterocycles. The molecule has 0 heterocycles. The van der Waals surface area contributed by atoms with Gasteiger partial charge in [0, 0.05) is 0 Å². The summed E-state index contributed by atoms with van der Waals surface area (Å²) >= 11 is -2.00. The average Bonchev–Trinajstić information content (AvgIpc) is 0.918. The van der Waals surface area contributed by atoms with Crippen LogP contribution in [0, 0.1) is 0 Å². The van der Waals surface area contributed by atoms with Gasteiger partial charge in [-0.05, 0) is 0 Å². The Morgan fingerprint density at radius 1 is 1.25 bits per heavy atom. The van der Waals surface area contributed by atoms with E-state index in [2.05, 4.69) is 0 Å². The van der Waals surface area contributed by atoms with Gasteiger partial charge < -0.3 is 0 Å². The van der Waals surface area contributed by atoms with Gasteiger partial charge >= 0.3 is 42.8 Å². The molecule has 0 aliphatic rings. The Hall–Kier alpha value is 0.834. The Bertz CT molecular complexity index is 27.0. The van der Waals surface area contributed by atoms with Crippen LogP contribution >= 0.6 is 0 Å². The van der Waals surface area contributed by atoms with Crippen LogP contribution in [0.1, 0.15) is 0 Å². The summed E-state index contributed by atoms with van der Waals surface area (Å²) in [4.78, 5) is 0. The maximum absolute atomic E-state index is 8.50. The van der Waals surface area contributed by atoms with Gasteiger partial charge in [0.15, 0.2) is 0 Å². The zero-order chi connectivity index (χ0) is 2.71. The van der Waals surface area contributed by atoms with Crippen molar-refractivity contribution in [2.75, 3.05) is 0 Å². The molecule has 0 unspecified atom stereocenters. The summed E-state index contributed by atoms with van der Waals surface area (Å²) in [5, 5.41) is 0. The summed E-state index contributed by atoms with van der Waals surface area (Å²) in [5.74, 6) is 0. The predicted octanol–water partition coefficient (Wildman–Crippen LogP) is -0.889. The standard InChI is InChI=1S/2O.HSe.Ti/h;;1H;. The van der Waals surface area contributed by atoms with Crippen LogP contribution in [0.5, 0.6) is 0 Å². The molecule has 0 aromatic heterocycles. The molecule has 4 heavy (non-hydrogen) atoms. The fourth-order valence-electron chi connectivity index (χ4n) is 0. The summed E-state index contributed by atoms with van der Waals surface area (Å²) in [6.07, 6.45) is 0. The van der Waals surface area contributed by atoms with Gasteiger partial charge in [0.05, 0.1) is 0 Å². The average molecular weight is 160 g/mol. The molecule has 0 aliphatic carbocycles. The molecule has 0 fully saturated rings. The van der Waals surface area contributed by atoms with Crippen LogP contribution in [0.15, 0.2) is 0 Å². The van der Waals surface area contributed by atoms with Crippen molar-refractivity contribution >= 4 is 17.1 Å². The van der Waals surface area contributed by atoms with Crippen molar-refractivity contribution in [3.05, 3.63) is 0 Å². The zero-order valence-electron chi connectivity index (χ0n) is 1.76. The first-order valence-electron chi connectivity index (χ1n) is 0.408. The van der Waals surface area contributed by atoms with Crippen LogP contribution in [0.25, 0.3) is 0 Å². The van der Waals surface area contributed by atoms with Gasteiger partial charge in [0.2, 0.25) is 0 Å². The molecule has 0 rings (SSSR count). The molecule has 0 aromatic carbocycles. The van der Waals surface area contributed by atoms with Crippen molar-refractivity contribution in [3.8, 4) is 0 Å². The Labute approximate surface area is 43.0 Å². The molecule has 0 N–H and O–H groups in total. The first kappa shape index (κ1) is 8.85. The second-order valence-corrected chi connectivity index (χ2v) is 0.344. The quantitative estimate of drug-likeness (QED) is 0.430. The Kier molecular flexibility index (Phi) is 20.2. The third-order valence-electron chi connectivity index (χ3n) is 0. The zero-order valence-corrected chi connectivity index (χ0v) is 5.20. The first-order valence-corrected chi connectivity index (χ1v) is 1.68. The molecule has 2 nitrogen and oxygen atoms in total. The number of hydrogen-bond donors (Lipinski definition) is 0. The molecule has 23 valence electrons. The monoisotopic (exact) mass is 161 g/mol. The van der Waals surface area contributed by atoms with Gasteiger partial charge in [-0.1, -0.05) is 0 Å². The summed E-state index contributed by atoms with van der Waals surface area (Å²) in [5.41, 5.74) is 0. The van der Waals surface area contributed by atoms with E-state index in [0.717, 1.165) is 0 Å². The van der Waals surface area contributed by atoms with E-state index in [4.69, 9.17) is 6.65 Å². The molecule has 0 amide bonds. The van der Waals surface area contributed by atoms with Gasteiger partial charge in [-0.25, -0.2) is 0 Å². The van der Waals surface area contributed by atoms with E-state index in [1.54, 1.807) is 0 Å². The second-order valence-electron chi connectivity index (χ2n) is 0.0833. The molecule has 0 spiro atoms. The SMILES string of the molecule is [O]=[Ti]=[O].[SeH]. The third kappa shape index (κ3) is 13.7. The van der Waals surface area contributed by atoms with E-state index in [-0.39, 0.29) is 17.1 Å². The van der Waals surface area contributed by atoms with Gasteiger partial charge in [-0.3, -0.25) is 0 Å². The Morgan fingerprint density at radius 2 is 1.25 bits per heavy atom. The maximum atomic E-state index is 8.50. The molecular weight excluding hydrogens is 159 g/mol. The van der Waals surface area contributed by atoms with E-state index in [1.165, 1.54) is 0 Å². The molecular formula is HO2SeTi. The number of rotatable bonds is 0. The summed E-state index contributed by atoms with van der Waals surface area (Å²) in [6, 6.07) is 0. The molecule has 1 radical (unpaired) electrons. The fraction of sp³-hybridized carbons (Fsp3) is 0. The van der Waals surface area contributed by atoms with Crippen molar-refractivity contribution in [3.63, 3.8) is 0 Å². The van der Waals surface area contributed by atoms with E-state index in [9.17, 15) is 0 Å². The molecule has 0 atom stereocenters. The van der Waals surface area contributed by atoms with Crippen molar-refractivity contribution in [1.82, 2.24) is 0 Å². The van der Waals surface area contributed by atoms with Gasteiger partial charge in [-0.15, -0.1) is 0 Å². The van der Waals surface area contributed by atoms with Gasteiger partial charge in [-0.2, -0.15) is 0 Å². The first-order chi connectivity index (χ1) is 1.41. The number of hydrogen-bond acceptors (Lipinski definition) is 2. The molecule has 0 saturated carbocycles. The van der Waals surface area contributed by atoms with E-state index in [0.29, 0.717) is 0 Å². The van der Waals surface area contributed by atoms with Crippen molar-refractivity contribution < 1.29 is 25.7 Å². The van der Waals surface area contributed by atoms with E-state index >= 15 is 0 Å². The molecule has 4 heteroatoms. The molecule has 0 aliphatic heterocycles. The van der Waals surface area contributed by atoms with Crippen molar-refractivity contribution in [2.45, 2.75) is 0 Å². The van der Waals surface area contributed by atoms with E-state index in [1.807, 2.05) is 0 Å². The van der Waals surface area contributed by atoms with Crippen molar-refractivity contribution in [2.24, 2.45) is 0 Å². The minimum atomic E-state index is -2.00. The van der Waals surface area contributed by atoms with Crippen molar-refractivity contribution in [1.29, 1.82) is 0 Å². The molecule has 0 bridgehead atoms. The Morgan fingerprint density at radius 3 is 1.25 bits per heavy atom. The van der Waals surface area contributed by atoms with E-state index < -0.39 is 19.1 Å². The summed E-state index contributed by atoms with van der Waals surface area (Å²) in [6.45, 7) is 0. The minimum absolute atomic E-state index is 0. The third-order valence-corrected chi connectivity index (χ3v) is 0. The van der Waals surface area contributed by atoms with Crippen LogP contribution in [-0.4, -0.2) is 17.1 Å². The topological polar surface area (TPSA) is 34.1 Å². The normalized spacial score (nSPS) is 2.00. The van der Waals surface area contributed by atoms with Crippen LogP contribution in [0.2, 0.25) is 0 Å². The van der Waals surface area contributed by atoms with Gasteiger partial charge in [0.1, 0.15) is 0 Å².